The number of hydrogen-bond acceptors (Lipinski definition) is 8. The monoisotopic (exact) mass is 640 g/mol. The molecule has 11 heteroatoms. The van der Waals surface area contributed by atoms with Gasteiger partial charge in [0.25, 0.3) is 0 Å². The lowest BCUT2D eigenvalue weighted by Gasteiger charge is -2.43. The molecule has 0 aliphatic carbocycles. The highest BCUT2D eigenvalue weighted by molar-refractivity contribution is 6.04. The number of piperidine rings is 1. The van der Waals surface area contributed by atoms with Crippen LogP contribution in [0, 0.1) is 47.7 Å². The molecule has 2 N–H and O–H groups in total. The predicted molar refractivity (Wildman–Crippen MR) is 175 cm³/mol. The van der Waals surface area contributed by atoms with Gasteiger partial charge in [0.05, 0.1) is 24.2 Å². The topological polar surface area (TPSA) is 86.6 Å². The molecule has 0 amide bonds. The summed E-state index contributed by atoms with van der Waals surface area (Å²) in [6, 6.07) is 5.73. The van der Waals surface area contributed by atoms with Crippen molar-refractivity contribution < 1.29 is 23.0 Å². The lowest BCUT2D eigenvalue weighted by atomic mass is 9.73. The Morgan fingerprint density at radius 1 is 1.06 bits per heavy atom. The standard InChI is InChI=1S/C36H35F3N6O2/c1-5-25-27(38)10-7-20-13-24(46)14-26(29(20)25)32-31(39)33-30(28(6-2)41-32)34(45-16-22-8-9-23(17-45)40-22)43-35(42-33)47-19-36(3)18-44(4)12-11-21(36)15-37/h1-2,7,10,13-14,21-23,40,46H,8-9,11-12,15-19H2,3-4H3/t21?,22-,23+,36-/m0/s1. The normalized spacial score (nSPS) is 24.4. The molecule has 1 unspecified atom stereocenters. The van der Waals surface area contributed by atoms with E-state index in [2.05, 4.69) is 36.9 Å². The van der Waals surface area contributed by atoms with Gasteiger partial charge in [-0.15, -0.1) is 12.8 Å². The van der Waals surface area contributed by atoms with E-state index >= 15 is 4.39 Å². The number of alkyl halides is 1. The summed E-state index contributed by atoms with van der Waals surface area (Å²) in [6.45, 7) is 4.26. The number of anilines is 1. The molecule has 2 aromatic heterocycles. The summed E-state index contributed by atoms with van der Waals surface area (Å²) in [5.41, 5.74) is -0.860. The molecule has 7 rings (SSSR count). The summed E-state index contributed by atoms with van der Waals surface area (Å²) in [5.74, 6) is 3.41. The van der Waals surface area contributed by atoms with Gasteiger partial charge >= 0.3 is 6.01 Å². The molecule has 8 nitrogen and oxygen atoms in total. The minimum absolute atomic E-state index is 0.0646. The van der Waals surface area contributed by atoms with E-state index in [4.69, 9.17) is 22.6 Å². The quantitative estimate of drug-likeness (QED) is 0.284. The van der Waals surface area contributed by atoms with Gasteiger partial charge in [-0.2, -0.15) is 9.97 Å². The molecule has 4 atom stereocenters. The molecular weight excluding hydrogens is 605 g/mol. The Bertz CT molecular complexity index is 1980. The van der Waals surface area contributed by atoms with E-state index in [9.17, 15) is 13.9 Å². The van der Waals surface area contributed by atoms with Gasteiger partial charge in [0.1, 0.15) is 34.3 Å². The van der Waals surface area contributed by atoms with E-state index in [-0.39, 0.29) is 75.2 Å². The number of aromatic nitrogens is 3. The smallest absolute Gasteiger partial charge is 0.319 e. The molecule has 2 bridgehead atoms. The van der Waals surface area contributed by atoms with Gasteiger partial charge < -0.3 is 25.0 Å². The number of rotatable bonds is 6. The van der Waals surface area contributed by atoms with Crippen LogP contribution < -0.4 is 15.0 Å². The van der Waals surface area contributed by atoms with Crippen LogP contribution in [-0.4, -0.2) is 83.6 Å². The van der Waals surface area contributed by atoms with Crippen LogP contribution in [0.25, 0.3) is 32.9 Å². The van der Waals surface area contributed by atoms with Crippen LogP contribution in [0.2, 0.25) is 0 Å². The average molecular weight is 641 g/mol. The van der Waals surface area contributed by atoms with Gasteiger partial charge in [-0.05, 0) is 68.3 Å². The van der Waals surface area contributed by atoms with Crippen LogP contribution in [0.1, 0.15) is 37.4 Å². The third-order valence-corrected chi connectivity index (χ3v) is 10.0. The summed E-state index contributed by atoms with van der Waals surface area (Å²) in [6.07, 6.45) is 14.4. The molecule has 5 heterocycles. The Morgan fingerprint density at radius 3 is 2.53 bits per heavy atom. The third kappa shape index (κ3) is 5.38. The number of likely N-dealkylation sites (tertiary alicyclic amines) is 1. The van der Waals surface area contributed by atoms with E-state index in [0.717, 1.165) is 19.4 Å². The van der Waals surface area contributed by atoms with Gasteiger partial charge in [-0.3, -0.25) is 4.39 Å². The number of hydrogen-bond donors (Lipinski definition) is 2. The first kappa shape index (κ1) is 31.0. The molecule has 0 saturated carbocycles. The maximum Gasteiger partial charge on any atom is 0.319 e. The lowest BCUT2D eigenvalue weighted by Crippen LogP contribution is -2.51. The number of fused-ring (bicyclic) bond motifs is 4. The first-order valence-corrected chi connectivity index (χ1v) is 15.8. The molecular formula is C36H35F3N6O2. The number of pyridine rings is 1. The Kier molecular flexibility index (Phi) is 7.86. The van der Waals surface area contributed by atoms with E-state index in [1.807, 2.05) is 14.0 Å². The Morgan fingerprint density at radius 2 is 1.83 bits per heavy atom. The highest BCUT2D eigenvalue weighted by Crippen LogP contribution is 2.41. The fourth-order valence-corrected chi connectivity index (χ4v) is 7.64. The summed E-state index contributed by atoms with van der Waals surface area (Å²) >= 11 is 0. The highest BCUT2D eigenvalue weighted by Gasteiger charge is 2.40. The van der Waals surface area contributed by atoms with Crippen molar-refractivity contribution in [2.45, 2.75) is 38.3 Å². The van der Waals surface area contributed by atoms with Gasteiger partial charge in [-0.1, -0.05) is 18.9 Å². The molecule has 2 aromatic carbocycles. The van der Waals surface area contributed by atoms with Gasteiger partial charge in [0, 0.05) is 48.1 Å². The zero-order chi connectivity index (χ0) is 33.0. The summed E-state index contributed by atoms with van der Waals surface area (Å²) in [5, 5.41) is 15.0. The van der Waals surface area contributed by atoms with Crippen LogP contribution in [0.15, 0.2) is 24.3 Å². The van der Waals surface area contributed by atoms with Crippen molar-refractivity contribution in [2.75, 3.05) is 51.4 Å². The molecule has 0 spiro atoms. The van der Waals surface area contributed by atoms with Crippen molar-refractivity contribution in [3.8, 4) is 47.7 Å². The number of phenolic OH excluding ortho intramolecular Hbond substituents is 1. The summed E-state index contributed by atoms with van der Waals surface area (Å²) in [4.78, 5) is 18.1. The average Bonchev–Trinajstić information content (AvgIpc) is 3.40. The molecule has 0 radical (unpaired) electrons. The number of nitrogens with one attached hydrogen (secondary N) is 1. The number of terminal acetylenes is 2. The second-order valence-electron chi connectivity index (χ2n) is 13.3. The second-order valence-corrected chi connectivity index (χ2v) is 13.3. The predicted octanol–water partition coefficient (Wildman–Crippen LogP) is 5.04. The SMILES string of the molecule is C#Cc1c(F)ccc2cc(O)cc(-c3nc(C#C)c4c(N5C[C@H]6CC[C@@H](C5)N6)nc(OC[C@]5(C)CN(C)CCC5CF)nc4c3F)c12. The van der Waals surface area contributed by atoms with Gasteiger partial charge in [0.2, 0.25) is 0 Å². The number of nitrogens with zero attached hydrogens (tertiary/aromatic N) is 5. The first-order chi connectivity index (χ1) is 22.6. The third-order valence-electron chi connectivity index (χ3n) is 10.0. The van der Waals surface area contributed by atoms with Crippen LogP contribution in [-0.2, 0) is 0 Å². The van der Waals surface area contributed by atoms with Gasteiger partial charge in [-0.25, -0.2) is 13.8 Å². The first-order valence-electron chi connectivity index (χ1n) is 15.8. The second kappa shape index (κ2) is 11.9. The minimum Gasteiger partial charge on any atom is -0.508 e. The maximum absolute atomic E-state index is 17.0. The fourth-order valence-electron chi connectivity index (χ4n) is 7.64. The molecule has 242 valence electrons. The van der Waals surface area contributed by atoms with E-state index in [0.29, 0.717) is 37.3 Å². The summed E-state index contributed by atoms with van der Waals surface area (Å²) in [7, 11) is 1.99. The molecule has 3 fully saturated rings. The van der Waals surface area contributed by atoms with Crippen molar-refractivity contribution in [2.24, 2.45) is 11.3 Å². The zero-order valence-electron chi connectivity index (χ0n) is 26.3. The Hall–Kier alpha value is -4.58. The molecule has 3 aliphatic heterocycles. The largest absolute Gasteiger partial charge is 0.508 e. The lowest BCUT2D eigenvalue weighted by molar-refractivity contribution is 0.000322. The number of piperazine rings is 1. The van der Waals surface area contributed by atoms with Crippen molar-refractivity contribution in [3.05, 3.63) is 47.2 Å². The Balaban J connectivity index is 1.43. The zero-order valence-corrected chi connectivity index (χ0v) is 26.3. The van der Waals surface area contributed by atoms with Gasteiger partial charge in [0.15, 0.2) is 5.82 Å². The van der Waals surface area contributed by atoms with E-state index in [1.54, 1.807) is 0 Å². The number of aromatic hydroxyl groups is 1. The van der Waals surface area contributed by atoms with Crippen molar-refractivity contribution in [3.63, 3.8) is 0 Å². The molecule has 4 aromatic rings. The van der Waals surface area contributed by atoms with Crippen molar-refractivity contribution in [1.29, 1.82) is 0 Å². The van der Waals surface area contributed by atoms with Crippen molar-refractivity contribution in [1.82, 2.24) is 25.2 Å². The minimum atomic E-state index is -0.852. The van der Waals surface area contributed by atoms with Crippen LogP contribution in [0.3, 0.4) is 0 Å². The van der Waals surface area contributed by atoms with Crippen LogP contribution in [0.4, 0.5) is 19.0 Å². The number of halogens is 3. The van der Waals surface area contributed by atoms with E-state index in [1.165, 1.54) is 24.3 Å². The number of ether oxygens (including phenoxy) is 1. The van der Waals surface area contributed by atoms with Crippen LogP contribution in [0.5, 0.6) is 11.8 Å². The van der Waals surface area contributed by atoms with E-state index < -0.39 is 23.7 Å². The van der Waals surface area contributed by atoms with Crippen molar-refractivity contribution >= 4 is 27.5 Å². The number of phenols is 1. The fraction of sp³-hybridized carbons (Fsp3) is 0.417. The molecule has 47 heavy (non-hydrogen) atoms. The maximum atomic E-state index is 17.0. The molecule has 3 aliphatic rings. The molecule has 3 saturated heterocycles. The number of benzene rings is 2. The summed E-state index contributed by atoms with van der Waals surface area (Å²) < 4.78 is 52.3. The highest BCUT2D eigenvalue weighted by atomic mass is 19.1. The van der Waals surface area contributed by atoms with Crippen LogP contribution >= 0.6 is 0 Å². The Labute approximate surface area is 271 Å².